The molecule has 0 unspecified atom stereocenters. The van der Waals surface area contributed by atoms with Gasteiger partial charge in [-0.25, -0.2) is 4.79 Å². The topological polar surface area (TPSA) is 50.4 Å². The van der Waals surface area contributed by atoms with Gasteiger partial charge in [0.15, 0.2) is 0 Å². The van der Waals surface area contributed by atoms with E-state index < -0.39 is 35.0 Å². The molecule has 128 valence electrons. The highest BCUT2D eigenvalue weighted by Gasteiger charge is 2.37. The molecule has 1 N–H and O–H groups in total. The highest BCUT2D eigenvalue weighted by atomic mass is 19.4. The first-order chi connectivity index (χ1) is 11.0. The van der Waals surface area contributed by atoms with Crippen molar-refractivity contribution in [2.24, 2.45) is 0 Å². The van der Waals surface area contributed by atoms with Crippen LogP contribution in [0.15, 0.2) is 40.8 Å². The van der Waals surface area contributed by atoms with E-state index in [1.807, 2.05) is 0 Å². The van der Waals surface area contributed by atoms with Gasteiger partial charge in [-0.15, -0.1) is 0 Å². The maximum Gasteiger partial charge on any atom is 0.416 e. The molecular formula is C15H8F6O3. The second kappa shape index (κ2) is 6.06. The lowest BCUT2D eigenvalue weighted by Gasteiger charge is -2.13. The van der Waals surface area contributed by atoms with Crippen LogP contribution in [0, 0.1) is 0 Å². The molecule has 1 heterocycles. The highest BCUT2D eigenvalue weighted by molar-refractivity contribution is 5.84. The Morgan fingerprint density at radius 2 is 1.50 bits per heavy atom. The first-order valence-electron chi connectivity index (χ1n) is 6.27. The minimum atomic E-state index is -4.96. The normalized spacial score (nSPS) is 12.8. The first kappa shape index (κ1) is 17.6. The van der Waals surface area contributed by atoms with Gasteiger partial charge in [-0.1, -0.05) is 0 Å². The van der Waals surface area contributed by atoms with Gasteiger partial charge < -0.3 is 9.52 Å². The molecule has 0 aliphatic carbocycles. The van der Waals surface area contributed by atoms with Gasteiger partial charge in [0.25, 0.3) is 0 Å². The van der Waals surface area contributed by atoms with Crippen LogP contribution in [0.1, 0.15) is 16.9 Å². The summed E-state index contributed by atoms with van der Waals surface area (Å²) in [6, 6.07) is 3.44. The number of furan rings is 1. The lowest BCUT2D eigenvalue weighted by Crippen LogP contribution is -2.11. The van der Waals surface area contributed by atoms with E-state index in [9.17, 15) is 31.1 Å². The average Bonchev–Trinajstić information content (AvgIpc) is 2.91. The van der Waals surface area contributed by atoms with E-state index in [0.717, 1.165) is 18.2 Å². The molecule has 0 spiro atoms. The van der Waals surface area contributed by atoms with E-state index in [1.54, 1.807) is 0 Å². The molecule has 0 atom stereocenters. The third kappa shape index (κ3) is 4.18. The molecule has 2 rings (SSSR count). The van der Waals surface area contributed by atoms with Crippen molar-refractivity contribution in [2.75, 3.05) is 0 Å². The molecule has 0 aliphatic heterocycles. The third-order valence-corrected chi connectivity index (χ3v) is 2.89. The molecule has 24 heavy (non-hydrogen) atoms. The number of carbonyl (C=O) groups is 1. The minimum absolute atomic E-state index is 0.0116. The molecule has 0 saturated heterocycles. The Balaban J connectivity index is 2.52. The van der Waals surface area contributed by atoms with Gasteiger partial charge in [-0.2, -0.15) is 26.3 Å². The van der Waals surface area contributed by atoms with E-state index in [-0.39, 0.29) is 17.6 Å². The lowest BCUT2D eigenvalue weighted by molar-refractivity contribution is -0.143. The van der Waals surface area contributed by atoms with Gasteiger partial charge in [-0.05, 0) is 36.4 Å². The van der Waals surface area contributed by atoms with Crippen LogP contribution in [0.25, 0.3) is 17.4 Å². The van der Waals surface area contributed by atoms with Crippen molar-refractivity contribution in [3.63, 3.8) is 0 Å². The molecule has 0 saturated carbocycles. The second-order valence-corrected chi connectivity index (χ2v) is 4.67. The van der Waals surface area contributed by atoms with Crippen molar-refractivity contribution in [1.82, 2.24) is 0 Å². The smallest absolute Gasteiger partial charge is 0.416 e. The summed E-state index contributed by atoms with van der Waals surface area (Å²) < 4.78 is 81.8. The molecule has 0 amide bonds. The van der Waals surface area contributed by atoms with E-state index in [0.29, 0.717) is 12.1 Å². The summed E-state index contributed by atoms with van der Waals surface area (Å²) in [7, 11) is 0. The molecule has 9 heteroatoms. The summed E-state index contributed by atoms with van der Waals surface area (Å²) >= 11 is 0. The van der Waals surface area contributed by atoms with Crippen LogP contribution in [-0.4, -0.2) is 11.1 Å². The predicted molar refractivity (Wildman–Crippen MR) is 70.8 cm³/mol. The second-order valence-electron chi connectivity index (χ2n) is 4.67. The Morgan fingerprint density at radius 1 is 0.958 bits per heavy atom. The van der Waals surface area contributed by atoms with Gasteiger partial charge in [0, 0.05) is 11.6 Å². The first-order valence-corrected chi connectivity index (χ1v) is 6.27. The molecule has 0 bridgehead atoms. The zero-order valence-electron chi connectivity index (χ0n) is 11.6. The van der Waals surface area contributed by atoms with E-state index in [1.165, 1.54) is 6.07 Å². The van der Waals surface area contributed by atoms with Crippen LogP contribution < -0.4 is 0 Å². The van der Waals surface area contributed by atoms with Crippen molar-refractivity contribution in [3.8, 4) is 11.3 Å². The number of halogens is 6. The Hall–Kier alpha value is -2.71. The molecule has 2 aromatic rings. The summed E-state index contributed by atoms with van der Waals surface area (Å²) in [6.07, 6.45) is -8.19. The largest absolute Gasteiger partial charge is 0.478 e. The standard InChI is InChI=1S/C15H8F6O3/c16-14(17,18)9-5-8(6-10(7-9)15(19,20)21)12-3-1-11(24-12)2-4-13(22)23/h1-7H,(H,22,23)/b4-2-. The van der Waals surface area contributed by atoms with Crippen LogP contribution >= 0.6 is 0 Å². The molecule has 1 aromatic carbocycles. The minimum Gasteiger partial charge on any atom is -0.478 e. The van der Waals surface area contributed by atoms with Crippen LogP contribution in [0.5, 0.6) is 0 Å². The van der Waals surface area contributed by atoms with Crippen LogP contribution in [-0.2, 0) is 17.1 Å². The maximum atomic E-state index is 12.8. The number of hydrogen-bond donors (Lipinski definition) is 1. The van der Waals surface area contributed by atoms with E-state index in [4.69, 9.17) is 9.52 Å². The van der Waals surface area contributed by atoms with Crippen molar-refractivity contribution < 1.29 is 40.7 Å². The molecule has 0 fully saturated rings. The number of hydrogen-bond acceptors (Lipinski definition) is 2. The van der Waals surface area contributed by atoms with E-state index >= 15 is 0 Å². The SMILES string of the molecule is O=C(O)/C=C\c1ccc(-c2cc(C(F)(F)F)cc(C(F)(F)F)c2)o1. The van der Waals surface area contributed by atoms with Crippen LogP contribution in [0.4, 0.5) is 26.3 Å². The number of carboxylic acids is 1. The quantitative estimate of drug-likeness (QED) is 0.620. The fourth-order valence-electron chi connectivity index (χ4n) is 1.85. The fraction of sp³-hybridized carbons (Fsp3) is 0.133. The number of alkyl halides is 6. The van der Waals surface area contributed by atoms with E-state index in [2.05, 4.69) is 0 Å². The van der Waals surface area contributed by atoms with Crippen LogP contribution in [0.3, 0.4) is 0 Å². The van der Waals surface area contributed by atoms with Gasteiger partial charge in [0.2, 0.25) is 0 Å². The summed E-state index contributed by atoms with van der Waals surface area (Å²) in [4.78, 5) is 10.4. The van der Waals surface area contributed by atoms with Crippen molar-refractivity contribution in [3.05, 3.63) is 53.3 Å². The summed E-state index contributed by atoms with van der Waals surface area (Å²) in [5.41, 5.74) is -3.36. The number of carboxylic acid groups (broad SMARTS) is 1. The van der Waals surface area contributed by atoms with Crippen molar-refractivity contribution in [1.29, 1.82) is 0 Å². The van der Waals surface area contributed by atoms with Crippen molar-refractivity contribution >= 4 is 12.0 Å². The molecule has 0 radical (unpaired) electrons. The van der Waals surface area contributed by atoms with Gasteiger partial charge in [-0.3, -0.25) is 0 Å². The third-order valence-electron chi connectivity index (χ3n) is 2.89. The number of rotatable bonds is 3. The van der Waals surface area contributed by atoms with Crippen molar-refractivity contribution in [2.45, 2.75) is 12.4 Å². The molecule has 3 nitrogen and oxygen atoms in total. The Morgan fingerprint density at radius 3 is 1.96 bits per heavy atom. The fourth-order valence-corrected chi connectivity index (χ4v) is 1.85. The monoisotopic (exact) mass is 350 g/mol. The molecular weight excluding hydrogens is 342 g/mol. The molecule has 1 aromatic heterocycles. The highest BCUT2D eigenvalue weighted by Crippen LogP contribution is 2.38. The van der Waals surface area contributed by atoms with Crippen LogP contribution in [0.2, 0.25) is 0 Å². The lowest BCUT2D eigenvalue weighted by atomic mass is 10.0. The van der Waals surface area contributed by atoms with Gasteiger partial charge in [0.05, 0.1) is 11.1 Å². The zero-order chi connectivity index (χ0) is 18.1. The summed E-state index contributed by atoms with van der Waals surface area (Å²) in [5, 5.41) is 8.47. The zero-order valence-corrected chi connectivity index (χ0v) is 11.6. The Bertz CT molecular complexity index is 751. The van der Waals surface area contributed by atoms with Gasteiger partial charge in [0.1, 0.15) is 11.5 Å². The maximum absolute atomic E-state index is 12.8. The molecule has 0 aliphatic rings. The predicted octanol–water partition coefficient (Wildman–Crippen LogP) is 5.08. The average molecular weight is 350 g/mol. The summed E-state index contributed by atoms with van der Waals surface area (Å²) in [5.74, 6) is -1.57. The van der Waals surface area contributed by atoms with Gasteiger partial charge >= 0.3 is 18.3 Å². The Labute approximate surface area is 130 Å². The Kier molecular flexibility index (Phi) is 4.46. The summed E-state index contributed by atoms with van der Waals surface area (Å²) in [6.45, 7) is 0. The number of aliphatic carboxylic acids is 1. The number of benzene rings is 1.